The number of hydrogen-bond donors (Lipinski definition) is 1. The summed E-state index contributed by atoms with van der Waals surface area (Å²) in [6.45, 7) is 6.67. The fourth-order valence-electron chi connectivity index (χ4n) is 3.47. The fourth-order valence-corrected chi connectivity index (χ4v) is 3.47. The third-order valence-corrected chi connectivity index (χ3v) is 4.75. The molecule has 3 rings (SSSR count). The van der Waals surface area contributed by atoms with Gasteiger partial charge in [0.1, 0.15) is 5.69 Å². The van der Waals surface area contributed by atoms with Gasteiger partial charge >= 0.3 is 0 Å². The molecule has 0 atom stereocenters. The topological polar surface area (TPSA) is 84.7 Å². The summed E-state index contributed by atoms with van der Waals surface area (Å²) in [7, 11) is 0. The summed E-state index contributed by atoms with van der Waals surface area (Å²) in [6, 6.07) is 11.0. The highest BCUT2D eigenvalue weighted by molar-refractivity contribution is 5.95. The van der Waals surface area contributed by atoms with Crippen molar-refractivity contribution >= 4 is 17.3 Å². The summed E-state index contributed by atoms with van der Waals surface area (Å²) in [6.07, 6.45) is 0.758. The Morgan fingerprint density at radius 1 is 1.14 bits per heavy atom. The van der Waals surface area contributed by atoms with Gasteiger partial charge in [0, 0.05) is 31.3 Å². The van der Waals surface area contributed by atoms with Crippen LogP contribution in [0.1, 0.15) is 27.0 Å². The predicted octanol–water partition coefficient (Wildman–Crippen LogP) is 3.34. The van der Waals surface area contributed by atoms with Gasteiger partial charge in [-0.3, -0.25) is 14.9 Å². The van der Waals surface area contributed by atoms with Crippen molar-refractivity contribution in [3.63, 3.8) is 0 Å². The number of morpholine rings is 1. The Labute approximate surface area is 164 Å². The molecular weight excluding hydrogens is 358 g/mol. The number of nitrogens with one attached hydrogen (secondary N) is 1. The van der Waals surface area contributed by atoms with E-state index in [1.165, 1.54) is 22.8 Å². The van der Waals surface area contributed by atoms with Crippen LogP contribution in [0.4, 0.5) is 11.4 Å². The van der Waals surface area contributed by atoms with Crippen LogP contribution in [0, 0.1) is 24.0 Å². The number of carbonyl (C=O) groups is 1. The first-order valence-electron chi connectivity index (χ1n) is 9.40. The van der Waals surface area contributed by atoms with Crippen molar-refractivity contribution in [2.45, 2.75) is 20.3 Å². The molecule has 0 aliphatic carbocycles. The molecule has 2 aromatic carbocycles. The SMILES string of the molecule is Cc1cc(C)cc(CCNc2ccc(C(=O)N3CCOCC3)cc2[N+](=O)[O-])c1. The Morgan fingerprint density at radius 2 is 1.82 bits per heavy atom. The van der Waals surface area contributed by atoms with E-state index >= 15 is 0 Å². The molecule has 1 aliphatic heterocycles. The molecule has 1 fully saturated rings. The standard InChI is InChI=1S/C21H25N3O4/c1-15-11-16(2)13-17(12-15)5-6-22-19-4-3-18(14-20(19)24(26)27)21(25)23-7-9-28-10-8-23/h3-4,11-14,22H,5-10H2,1-2H3. The first kappa shape index (κ1) is 19.8. The molecule has 1 heterocycles. The van der Waals surface area contributed by atoms with Crippen molar-refractivity contribution in [1.29, 1.82) is 0 Å². The zero-order chi connectivity index (χ0) is 20.1. The van der Waals surface area contributed by atoms with Gasteiger partial charge in [0.15, 0.2) is 0 Å². The van der Waals surface area contributed by atoms with Crippen LogP contribution in [0.25, 0.3) is 0 Å². The second-order valence-corrected chi connectivity index (χ2v) is 7.07. The van der Waals surface area contributed by atoms with E-state index in [9.17, 15) is 14.9 Å². The van der Waals surface area contributed by atoms with Crippen LogP contribution in [0.2, 0.25) is 0 Å². The first-order chi connectivity index (χ1) is 13.4. The van der Waals surface area contributed by atoms with Gasteiger partial charge in [-0.05, 0) is 38.0 Å². The Kier molecular flexibility index (Phi) is 6.26. The third-order valence-electron chi connectivity index (χ3n) is 4.75. The summed E-state index contributed by atoms with van der Waals surface area (Å²) in [5.74, 6) is -0.201. The van der Waals surface area contributed by atoms with Crippen LogP contribution in [-0.4, -0.2) is 48.6 Å². The number of rotatable bonds is 6. The Hall–Kier alpha value is -2.93. The zero-order valence-electron chi connectivity index (χ0n) is 16.2. The number of ether oxygens (including phenoxy) is 1. The molecule has 0 aromatic heterocycles. The number of carbonyl (C=O) groups excluding carboxylic acids is 1. The Balaban J connectivity index is 1.70. The monoisotopic (exact) mass is 383 g/mol. The molecule has 0 radical (unpaired) electrons. The molecule has 148 valence electrons. The van der Waals surface area contributed by atoms with Gasteiger partial charge in [0.05, 0.1) is 18.1 Å². The van der Waals surface area contributed by atoms with Crippen molar-refractivity contribution in [1.82, 2.24) is 4.90 Å². The van der Waals surface area contributed by atoms with E-state index in [-0.39, 0.29) is 11.6 Å². The number of nitro benzene ring substituents is 1. The Bertz CT molecular complexity index is 856. The van der Waals surface area contributed by atoms with Gasteiger partial charge in [-0.25, -0.2) is 0 Å². The number of amides is 1. The third kappa shape index (κ3) is 4.86. The second kappa shape index (κ2) is 8.84. The quantitative estimate of drug-likeness (QED) is 0.611. The predicted molar refractivity (Wildman–Crippen MR) is 108 cm³/mol. The summed E-state index contributed by atoms with van der Waals surface area (Å²) >= 11 is 0. The minimum Gasteiger partial charge on any atom is -0.379 e. The molecular formula is C21H25N3O4. The first-order valence-corrected chi connectivity index (χ1v) is 9.40. The van der Waals surface area contributed by atoms with Crippen molar-refractivity contribution < 1.29 is 14.5 Å². The molecule has 0 saturated carbocycles. The summed E-state index contributed by atoms with van der Waals surface area (Å²) in [5, 5.41) is 14.7. The molecule has 1 saturated heterocycles. The smallest absolute Gasteiger partial charge is 0.293 e. The molecule has 1 aliphatic rings. The van der Waals surface area contributed by atoms with Crippen LogP contribution in [0.3, 0.4) is 0 Å². The lowest BCUT2D eigenvalue weighted by atomic mass is 10.0. The van der Waals surface area contributed by atoms with E-state index in [1.54, 1.807) is 17.0 Å². The van der Waals surface area contributed by atoms with Crippen LogP contribution in [0.15, 0.2) is 36.4 Å². The van der Waals surface area contributed by atoms with Gasteiger partial charge < -0.3 is 15.0 Å². The van der Waals surface area contributed by atoms with Crippen molar-refractivity contribution in [2.75, 3.05) is 38.2 Å². The van der Waals surface area contributed by atoms with Crippen molar-refractivity contribution in [3.8, 4) is 0 Å². The lowest BCUT2D eigenvalue weighted by Gasteiger charge is -2.26. The molecule has 1 N–H and O–H groups in total. The number of nitro groups is 1. The van der Waals surface area contributed by atoms with Crippen LogP contribution < -0.4 is 5.32 Å². The van der Waals surface area contributed by atoms with E-state index in [1.807, 2.05) is 0 Å². The minimum absolute atomic E-state index is 0.0838. The second-order valence-electron chi connectivity index (χ2n) is 7.07. The molecule has 7 heteroatoms. The average molecular weight is 383 g/mol. The van der Waals surface area contributed by atoms with Crippen LogP contribution >= 0.6 is 0 Å². The van der Waals surface area contributed by atoms with Gasteiger partial charge in [-0.2, -0.15) is 0 Å². The number of benzene rings is 2. The van der Waals surface area contributed by atoms with E-state index < -0.39 is 4.92 Å². The van der Waals surface area contributed by atoms with E-state index in [4.69, 9.17) is 4.74 Å². The fraction of sp³-hybridized carbons (Fsp3) is 0.381. The molecule has 0 unspecified atom stereocenters. The highest BCUT2D eigenvalue weighted by Crippen LogP contribution is 2.26. The van der Waals surface area contributed by atoms with Gasteiger partial charge in [-0.15, -0.1) is 0 Å². The highest BCUT2D eigenvalue weighted by atomic mass is 16.6. The lowest BCUT2D eigenvalue weighted by molar-refractivity contribution is -0.384. The number of aryl methyl sites for hydroxylation is 2. The van der Waals surface area contributed by atoms with Crippen molar-refractivity contribution in [2.24, 2.45) is 0 Å². The summed E-state index contributed by atoms with van der Waals surface area (Å²) < 4.78 is 5.25. The molecule has 28 heavy (non-hydrogen) atoms. The van der Waals surface area contributed by atoms with Gasteiger partial charge in [-0.1, -0.05) is 29.3 Å². The number of hydrogen-bond acceptors (Lipinski definition) is 5. The molecule has 2 aromatic rings. The normalized spacial score (nSPS) is 14.0. The lowest BCUT2D eigenvalue weighted by Crippen LogP contribution is -2.40. The number of nitrogens with zero attached hydrogens (tertiary/aromatic N) is 2. The molecule has 7 nitrogen and oxygen atoms in total. The van der Waals surface area contributed by atoms with E-state index in [2.05, 4.69) is 37.4 Å². The van der Waals surface area contributed by atoms with Gasteiger partial charge in [0.25, 0.3) is 11.6 Å². The van der Waals surface area contributed by atoms with E-state index in [0.717, 1.165) is 6.42 Å². The molecule has 0 spiro atoms. The number of anilines is 1. The van der Waals surface area contributed by atoms with Crippen LogP contribution in [-0.2, 0) is 11.2 Å². The largest absolute Gasteiger partial charge is 0.379 e. The van der Waals surface area contributed by atoms with Crippen LogP contribution in [0.5, 0.6) is 0 Å². The maximum atomic E-state index is 12.6. The molecule has 1 amide bonds. The summed E-state index contributed by atoms with van der Waals surface area (Å²) in [4.78, 5) is 25.3. The zero-order valence-corrected chi connectivity index (χ0v) is 16.2. The summed E-state index contributed by atoms with van der Waals surface area (Å²) in [5.41, 5.74) is 4.26. The maximum Gasteiger partial charge on any atom is 0.293 e. The molecule has 0 bridgehead atoms. The minimum atomic E-state index is -0.449. The average Bonchev–Trinajstić information content (AvgIpc) is 2.67. The van der Waals surface area contributed by atoms with Gasteiger partial charge in [0.2, 0.25) is 0 Å². The van der Waals surface area contributed by atoms with E-state index in [0.29, 0.717) is 44.1 Å². The maximum absolute atomic E-state index is 12.6. The Morgan fingerprint density at radius 3 is 2.46 bits per heavy atom. The highest BCUT2D eigenvalue weighted by Gasteiger charge is 2.22. The van der Waals surface area contributed by atoms with Crippen molar-refractivity contribution in [3.05, 3.63) is 68.8 Å².